The molecule has 2 aromatic carbocycles. The molecule has 11 heteroatoms. The van der Waals surface area contributed by atoms with E-state index in [2.05, 4.69) is 10.1 Å². The van der Waals surface area contributed by atoms with Crippen LogP contribution in [0.3, 0.4) is 0 Å². The second-order valence-corrected chi connectivity index (χ2v) is 7.79. The average molecular weight is 436 g/mol. The Kier molecular flexibility index (Phi) is 8.01. The Morgan fingerprint density at radius 2 is 1.73 bits per heavy atom. The normalized spacial score (nSPS) is 12.0. The van der Waals surface area contributed by atoms with Crippen molar-refractivity contribution in [1.82, 2.24) is 5.32 Å². The number of carbonyl (C=O) groups excluding carboxylic acids is 2. The van der Waals surface area contributed by atoms with Crippen LogP contribution in [0.25, 0.3) is 0 Å². The third kappa shape index (κ3) is 6.64. The summed E-state index contributed by atoms with van der Waals surface area (Å²) in [6, 6.07) is 13.1. The Morgan fingerprint density at radius 3 is 2.30 bits per heavy atom. The topological polar surface area (TPSA) is 142 Å². The van der Waals surface area contributed by atoms with Gasteiger partial charge < -0.3 is 10.1 Å². The molecule has 0 saturated carbocycles. The van der Waals surface area contributed by atoms with Crippen LogP contribution >= 0.6 is 0 Å². The van der Waals surface area contributed by atoms with Crippen LogP contribution in [0.2, 0.25) is 0 Å². The van der Waals surface area contributed by atoms with E-state index in [0.29, 0.717) is 0 Å². The Labute approximate surface area is 173 Å². The summed E-state index contributed by atoms with van der Waals surface area (Å²) in [7, 11) is -3.08. The second-order valence-electron chi connectivity index (χ2n) is 6.17. The molecule has 30 heavy (non-hydrogen) atoms. The predicted octanol–water partition coefficient (Wildman–Crippen LogP) is 1.45. The highest BCUT2D eigenvalue weighted by Crippen LogP contribution is 2.19. The first kappa shape index (κ1) is 23.0. The second kappa shape index (κ2) is 10.5. The fourth-order valence-corrected chi connectivity index (χ4v) is 3.42. The molecule has 0 spiro atoms. The van der Waals surface area contributed by atoms with Crippen molar-refractivity contribution in [3.05, 3.63) is 70.3 Å². The molecule has 0 aliphatic rings. The van der Waals surface area contributed by atoms with Crippen molar-refractivity contribution < 1.29 is 31.9 Å². The van der Waals surface area contributed by atoms with E-state index in [-0.39, 0.29) is 23.5 Å². The lowest BCUT2D eigenvalue weighted by atomic mass is 9.99. The number of amides is 1. The number of methoxy groups -OCH3 is 1. The molecule has 2 rings (SSSR count). The fourth-order valence-electron chi connectivity index (χ4n) is 2.48. The van der Waals surface area contributed by atoms with Crippen molar-refractivity contribution in [2.24, 2.45) is 5.92 Å². The summed E-state index contributed by atoms with van der Waals surface area (Å²) in [6.45, 7) is -0.850. The Balaban J connectivity index is 2.12. The summed E-state index contributed by atoms with van der Waals surface area (Å²) < 4.78 is 34.3. The number of esters is 1. The van der Waals surface area contributed by atoms with Crippen molar-refractivity contribution in [1.29, 1.82) is 0 Å². The standard InChI is InChI=1S/C19H20N2O8S/c1-28-18(22)12-20-19(23)15(11-14-5-3-2-4-6-14)13-29-30(26,27)17-9-7-16(8-10-17)21(24)25/h2-10,15H,11-13H2,1H3,(H,20,23)/t15-/m0/s1. The van der Waals surface area contributed by atoms with E-state index in [1.165, 1.54) is 7.11 Å². The maximum Gasteiger partial charge on any atom is 0.325 e. The van der Waals surface area contributed by atoms with E-state index in [0.717, 1.165) is 29.8 Å². The van der Waals surface area contributed by atoms with Gasteiger partial charge in [0.2, 0.25) is 5.91 Å². The summed E-state index contributed by atoms with van der Waals surface area (Å²) in [5.74, 6) is -2.14. The molecular weight excluding hydrogens is 416 g/mol. The van der Waals surface area contributed by atoms with Gasteiger partial charge in [-0.05, 0) is 24.1 Å². The number of carbonyl (C=O) groups is 2. The Morgan fingerprint density at radius 1 is 1.10 bits per heavy atom. The molecule has 0 bridgehead atoms. The van der Waals surface area contributed by atoms with Crippen molar-refractivity contribution in [2.75, 3.05) is 20.3 Å². The summed E-state index contributed by atoms with van der Waals surface area (Å²) in [4.78, 5) is 33.5. The maximum atomic E-state index is 12.5. The van der Waals surface area contributed by atoms with Crippen molar-refractivity contribution >= 4 is 27.7 Å². The first-order valence-electron chi connectivity index (χ1n) is 8.75. The van der Waals surface area contributed by atoms with Crippen LogP contribution in [0.1, 0.15) is 5.56 Å². The van der Waals surface area contributed by atoms with Gasteiger partial charge in [0.1, 0.15) is 6.54 Å². The molecule has 0 aromatic heterocycles. The first-order chi connectivity index (χ1) is 14.2. The number of non-ortho nitro benzene ring substituents is 1. The van der Waals surface area contributed by atoms with E-state index in [4.69, 9.17) is 4.18 Å². The minimum Gasteiger partial charge on any atom is -0.468 e. The minimum atomic E-state index is -4.25. The quantitative estimate of drug-likeness (QED) is 0.255. The van der Waals surface area contributed by atoms with Crippen LogP contribution in [-0.2, 0) is 35.0 Å². The van der Waals surface area contributed by atoms with Gasteiger partial charge in [0.15, 0.2) is 0 Å². The van der Waals surface area contributed by atoms with Crippen LogP contribution in [0.15, 0.2) is 59.5 Å². The average Bonchev–Trinajstić information content (AvgIpc) is 2.75. The van der Waals surface area contributed by atoms with Gasteiger partial charge in [-0.3, -0.25) is 23.9 Å². The van der Waals surface area contributed by atoms with E-state index in [1.807, 2.05) is 0 Å². The van der Waals surface area contributed by atoms with E-state index < -0.39 is 39.4 Å². The van der Waals surface area contributed by atoms with Crippen LogP contribution in [-0.4, -0.2) is 45.5 Å². The molecule has 0 saturated heterocycles. The number of nitrogens with one attached hydrogen (secondary N) is 1. The number of nitro groups is 1. The number of rotatable bonds is 10. The summed E-state index contributed by atoms with van der Waals surface area (Å²) >= 11 is 0. The molecule has 10 nitrogen and oxygen atoms in total. The van der Waals surface area contributed by atoms with E-state index in [1.54, 1.807) is 30.3 Å². The molecular formula is C19H20N2O8S. The number of ether oxygens (including phenoxy) is 1. The first-order valence-corrected chi connectivity index (χ1v) is 10.2. The number of benzene rings is 2. The summed E-state index contributed by atoms with van der Waals surface area (Å²) in [5.41, 5.74) is 0.505. The molecule has 0 fully saturated rings. The third-order valence-electron chi connectivity index (χ3n) is 4.09. The van der Waals surface area contributed by atoms with Crippen molar-refractivity contribution in [3.8, 4) is 0 Å². The third-order valence-corrected chi connectivity index (χ3v) is 5.39. The lowest BCUT2D eigenvalue weighted by molar-refractivity contribution is -0.384. The van der Waals surface area contributed by atoms with E-state index >= 15 is 0 Å². The molecule has 0 aliphatic carbocycles. The van der Waals surface area contributed by atoms with Gasteiger partial charge in [-0.1, -0.05) is 30.3 Å². The van der Waals surface area contributed by atoms with Crippen LogP contribution in [0, 0.1) is 16.0 Å². The lowest BCUT2D eigenvalue weighted by Gasteiger charge is -2.17. The van der Waals surface area contributed by atoms with Crippen LogP contribution in [0.5, 0.6) is 0 Å². The van der Waals surface area contributed by atoms with Crippen LogP contribution < -0.4 is 5.32 Å². The molecule has 0 unspecified atom stereocenters. The van der Waals surface area contributed by atoms with Gasteiger partial charge >= 0.3 is 5.97 Å². The zero-order valence-electron chi connectivity index (χ0n) is 16.0. The van der Waals surface area contributed by atoms with Gasteiger partial charge in [-0.25, -0.2) is 0 Å². The summed E-state index contributed by atoms with van der Waals surface area (Å²) in [6.07, 6.45) is 0.170. The smallest absolute Gasteiger partial charge is 0.325 e. The zero-order valence-corrected chi connectivity index (χ0v) is 16.8. The van der Waals surface area contributed by atoms with Gasteiger partial charge in [0.05, 0.1) is 29.5 Å². The van der Waals surface area contributed by atoms with Crippen LogP contribution in [0.4, 0.5) is 5.69 Å². The SMILES string of the molecule is COC(=O)CNC(=O)[C@H](COS(=O)(=O)c1ccc([N+](=O)[O-])cc1)Cc1ccccc1. The molecule has 0 aliphatic heterocycles. The Hall–Kier alpha value is -3.31. The highest BCUT2D eigenvalue weighted by atomic mass is 32.2. The summed E-state index contributed by atoms with van der Waals surface area (Å²) in [5, 5.41) is 13.1. The fraction of sp³-hybridized carbons (Fsp3) is 0.263. The van der Waals surface area contributed by atoms with E-state index in [9.17, 15) is 28.1 Å². The molecule has 2 aromatic rings. The van der Waals surface area contributed by atoms with Gasteiger partial charge in [-0.2, -0.15) is 8.42 Å². The highest BCUT2D eigenvalue weighted by molar-refractivity contribution is 7.86. The molecule has 1 N–H and O–H groups in total. The molecule has 0 radical (unpaired) electrons. The maximum absolute atomic E-state index is 12.5. The largest absolute Gasteiger partial charge is 0.468 e. The number of hydrogen-bond donors (Lipinski definition) is 1. The predicted molar refractivity (Wildman–Crippen MR) is 105 cm³/mol. The number of nitro benzene ring substituents is 1. The van der Waals surface area contributed by atoms with Gasteiger partial charge in [0, 0.05) is 12.1 Å². The highest BCUT2D eigenvalue weighted by Gasteiger charge is 2.25. The monoisotopic (exact) mass is 436 g/mol. The van der Waals surface area contributed by atoms with Gasteiger partial charge in [-0.15, -0.1) is 0 Å². The Bertz CT molecular complexity index is 991. The number of hydrogen-bond acceptors (Lipinski definition) is 8. The van der Waals surface area contributed by atoms with Crippen molar-refractivity contribution in [3.63, 3.8) is 0 Å². The minimum absolute atomic E-state index is 0.170. The molecule has 1 amide bonds. The zero-order chi connectivity index (χ0) is 22.1. The molecule has 0 heterocycles. The molecule has 160 valence electrons. The van der Waals surface area contributed by atoms with Gasteiger partial charge in [0.25, 0.3) is 15.8 Å². The molecule has 1 atom stereocenters. The van der Waals surface area contributed by atoms with Crippen molar-refractivity contribution in [2.45, 2.75) is 11.3 Å². The lowest BCUT2D eigenvalue weighted by Crippen LogP contribution is -2.38. The number of nitrogens with zero attached hydrogens (tertiary/aromatic N) is 1.